The molecule has 0 bridgehead atoms. The molecule has 1 aromatic rings. The van der Waals surface area contributed by atoms with Crippen molar-refractivity contribution >= 4 is 18.0 Å². The molecule has 21 heavy (non-hydrogen) atoms. The summed E-state index contributed by atoms with van der Waals surface area (Å²) in [4.78, 5) is 22.8. The Morgan fingerprint density at radius 2 is 1.95 bits per heavy atom. The first-order valence-electron chi connectivity index (χ1n) is 7.03. The van der Waals surface area contributed by atoms with Crippen molar-refractivity contribution in [3.63, 3.8) is 0 Å². The average molecular weight is 288 g/mol. The van der Waals surface area contributed by atoms with Gasteiger partial charge in [-0.1, -0.05) is 13.8 Å². The fourth-order valence-electron chi connectivity index (χ4n) is 2.24. The van der Waals surface area contributed by atoms with Gasteiger partial charge in [-0.05, 0) is 54.7 Å². The highest BCUT2D eigenvalue weighted by atomic mass is 16.5. The summed E-state index contributed by atoms with van der Waals surface area (Å²) in [6, 6.07) is 3.49. The topological polar surface area (TPSA) is 67.4 Å². The van der Waals surface area contributed by atoms with Crippen LogP contribution in [0.5, 0.6) is 5.75 Å². The lowest BCUT2D eigenvalue weighted by Gasteiger charge is -2.16. The van der Waals surface area contributed by atoms with Crippen LogP contribution in [0.4, 0.5) is 4.79 Å². The predicted octanol–water partition coefficient (Wildman–Crippen LogP) is 2.70. The lowest BCUT2D eigenvalue weighted by molar-refractivity contribution is -0.115. The lowest BCUT2D eigenvalue weighted by Crippen LogP contribution is -2.22. The first-order chi connectivity index (χ1) is 9.92. The van der Waals surface area contributed by atoms with Crippen LogP contribution in [-0.2, 0) is 4.79 Å². The minimum atomic E-state index is -0.487. The molecule has 1 saturated heterocycles. The van der Waals surface area contributed by atoms with E-state index in [-0.39, 0.29) is 5.70 Å². The van der Waals surface area contributed by atoms with E-state index in [1.165, 1.54) is 0 Å². The standard InChI is InChI=1S/C16H20N2O3/c1-5-21-14-6-10(4)11(7-12(14)9(2)3)8-13-15(19)18-16(20)17-13/h6-9H,5H2,1-4H3,(H2,17,18,19,20)/b13-8+. The van der Waals surface area contributed by atoms with E-state index < -0.39 is 11.9 Å². The van der Waals surface area contributed by atoms with Gasteiger partial charge in [0.05, 0.1) is 6.61 Å². The first kappa shape index (κ1) is 15.1. The highest BCUT2D eigenvalue weighted by molar-refractivity contribution is 6.14. The van der Waals surface area contributed by atoms with E-state index in [0.29, 0.717) is 12.5 Å². The molecule has 0 spiro atoms. The highest BCUT2D eigenvalue weighted by Gasteiger charge is 2.23. The average Bonchev–Trinajstić information content (AvgIpc) is 2.71. The smallest absolute Gasteiger partial charge is 0.326 e. The number of imide groups is 1. The molecular formula is C16H20N2O3. The minimum absolute atomic E-state index is 0.266. The van der Waals surface area contributed by atoms with E-state index in [2.05, 4.69) is 24.5 Å². The molecule has 1 heterocycles. The van der Waals surface area contributed by atoms with Crippen LogP contribution < -0.4 is 15.4 Å². The Kier molecular flexibility index (Phi) is 4.31. The number of carbonyl (C=O) groups excluding carboxylic acids is 2. The van der Waals surface area contributed by atoms with Gasteiger partial charge in [-0.2, -0.15) is 0 Å². The van der Waals surface area contributed by atoms with Crippen molar-refractivity contribution in [1.29, 1.82) is 0 Å². The monoisotopic (exact) mass is 288 g/mol. The number of urea groups is 1. The van der Waals surface area contributed by atoms with E-state index in [1.807, 2.05) is 26.0 Å². The van der Waals surface area contributed by atoms with Crippen LogP contribution in [0.1, 0.15) is 43.4 Å². The van der Waals surface area contributed by atoms with Gasteiger partial charge in [0.1, 0.15) is 11.4 Å². The third kappa shape index (κ3) is 3.24. The van der Waals surface area contributed by atoms with Crippen molar-refractivity contribution in [1.82, 2.24) is 10.6 Å². The zero-order chi connectivity index (χ0) is 15.6. The first-order valence-corrected chi connectivity index (χ1v) is 7.03. The van der Waals surface area contributed by atoms with E-state index >= 15 is 0 Å². The second kappa shape index (κ2) is 5.99. The number of aryl methyl sites for hydroxylation is 1. The summed E-state index contributed by atoms with van der Waals surface area (Å²) in [6.07, 6.45) is 1.69. The van der Waals surface area contributed by atoms with Gasteiger partial charge in [0, 0.05) is 0 Å². The van der Waals surface area contributed by atoms with Crippen LogP contribution >= 0.6 is 0 Å². The van der Waals surface area contributed by atoms with Crippen molar-refractivity contribution in [3.8, 4) is 5.75 Å². The molecular weight excluding hydrogens is 268 g/mol. The van der Waals surface area contributed by atoms with Crippen LogP contribution in [0.15, 0.2) is 17.8 Å². The highest BCUT2D eigenvalue weighted by Crippen LogP contribution is 2.30. The minimum Gasteiger partial charge on any atom is -0.494 e. The van der Waals surface area contributed by atoms with Gasteiger partial charge in [0.15, 0.2) is 0 Å². The summed E-state index contributed by atoms with van der Waals surface area (Å²) >= 11 is 0. The molecule has 1 aromatic carbocycles. The van der Waals surface area contributed by atoms with Gasteiger partial charge in [-0.25, -0.2) is 4.79 Å². The summed E-state index contributed by atoms with van der Waals surface area (Å²) < 4.78 is 5.67. The molecule has 0 aromatic heterocycles. The summed E-state index contributed by atoms with van der Waals surface area (Å²) in [6.45, 7) is 8.70. The number of carbonyl (C=O) groups is 2. The molecule has 3 amide bonds. The number of nitrogens with one attached hydrogen (secondary N) is 2. The molecule has 2 N–H and O–H groups in total. The number of hydrogen-bond donors (Lipinski definition) is 2. The van der Waals surface area contributed by atoms with Gasteiger partial charge in [0.2, 0.25) is 0 Å². The Bertz CT molecular complexity index is 618. The van der Waals surface area contributed by atoms with Crippen molar-refractivity contribution in [2.24, 2.45) is 0 Å². The molecule has 0 radical (unpaired) electrons. The number of ether oxygens (including phenoxy) is 1. The van der Waals surface area contributed by atoms with Crippen LogP contribution in [0.25, 0.3) is 6.08 Å². The predicted molar refractivity (Wildman–Crippen MR) is 81.1 cm³/mol. The fourth-order valence-corrected chi connectivity index (χ4v) is 2.24. The fraction of sp³-hybridized carbons (Fsp3) is 0.375. The second-order valence-corrected chi connectivity index (χ2v) is 5.30. The molecule has 1 fully saturated rings. The number of rotatable bonds is 4. The maximum absolute atomic E-state index is 11.6. The van der Waals surface area contributed by atoms with E-state index in [0.717, 1.165) is 22.4 Å². The van der Waals surface area contributed by atoms with Crippen molar-refractivity contribution < 1.29 is 14.3 Å². The van der Waals surface area contributed by atoms with Crippen LogP contribution in [0.3, 0.4) is 0 Å². The molecule has 112 valence electrons. The van der Waals surface area contributed by atoms with Crippen LogP contribution in [-0.4, -0.2) is 18.5 Å². The molecule has 5 heteroatoms. The van der Waals surface area contributed by atoms with Crippen LogP contribution in [0, 0.1) is 6.92 Å². The number of benzene rings is 1. The van der Waals surface area contributed by atoms with E-state index in [1.54, 1.807) is 6.08 Å². The second-order valence-electron chi connectivity index (χ2n) is 5.30. The van der Waals surface area contributed by atoms with Crippen LogP contribution in [0.2, 0.25) is 0 Å². The maximum atomic E-state index is 11.6. The van der Waals surface area contributed by atoms with Crippen molar-refractivity contribution in [2.75, 3.05) is 6.61 Å². The van der Waals surface area contributed by atoms with Crippen molar-refractivity contribution in [2.45, 2.75) is 33.6 Å². The summed E-state index contributed by atoms with van der Waals surface area (Å²) in [7, 11) is 0. The summed E-state index contributed by atoms with van der Waals surface area (Å²) in [5, 5.41) is 4.69. The largest absolute Gasteiger partial charge is 0.494 e. The third-order valence-electron chi connectivity index (χ3n) is 3.34. The molecule has 0 atom stereocenters. The molecule has 5 nitrogen and oxygen atoms in total. The Morgan fingerprint density at radius 3 is 2.48 bits per heavy atom. The quantitative estimate of drug-likeness (QED) is 0.661. The zero-order valence-corrected chi connectivity index (χ0v) is 12.7. The third-order valence-corrected chi connectivity index (χ3v) is 3.34. The summed E-state index contributed by atoms with van der Waals surface area (Å²) in [5.41, 5.74) is 3.24. The van der Waals surface area contributed by atoms with Crippen molar-refractivity contribution in [3.05, 3.63) is 34.5 Å². The SMILES string of the molecule is CCOc1cc(C)c(/C=C2/NC(=O)NC2=O)cc1C(C)C. The number of amides is 3. The zero-order valence-electron chi connectivity index (χ0n) is 12.7. The van der Waals surface area contributed by atoms with Gasteiger partial charge in [0.25, 0.3) is 5.91 Å². The van der Waals surface area contributed by atoms with E-state index in [9.17, 15) is 9.59 Å². The summed E-state index contributed by atoms with van der Waals surface area (Å²) in [5.74, 6) is 0.766. The van der Waals surface area contributed by atoms with Gasteiger partial charge in [-0.15, -0.1) is 0 Å². The molecule has 0 aliphatic carbocycles. The Labute approximate surface area is 124 Å². The van der Waals surface area contributed by atoms with Gasteiger partial charge in [-0.3, -0.25) is 10.1 Å². The van der Waals surface area contributed by atoms with Gasteiger partial charge >= 0.3 is 6.03 Å². The Hall–Kier alpha value is -2.30. The Morgan fingerprint density at radius 1 is 1.24 bits per heavy atom. The van der Waals surface area contributed by atoms with Gasteiger partial charge < -0.3 is 10.1 Å². The maximum Gasteiger partial charge on any atom is 0.326 e. The molecule has 1 aliphatic rings. The molecule has 1 aliphatic heterocycles. The number of hydrogen-bond acceptors (Lipinski definition) is 3. The Balaban J connectivity index is 2.45. The molecule has 0 unspecified atom stereocenters. The molecule has 2 rings (SSSR count). The molecule has 0 saturated carbocycles. The lowest BCUT2D eigenvalue weighted by atomic mass is 9.96. The van der Waals surface area contributed by atoms with E-state index in [4.69, 9.17) is 4.74 Å². The normalized spacial score (nSPS) is 16.3.